The minimum Gasteiger partial charge on any atom is -1.00 e. The molecule has 22 heavy (non-hydrogen) atoms. The molecule has 3 heteroatoms. The van der Waals surface area contributed by atoms with Gasteiger partial charge >= 0.3 is 0 Å². The SMILES string of the molecule is [Cl-].c1ccc(C[n+]2cc(-c3ccccc3)n3c2CCC3)cc1. The molecule has 3 aromatic rings. The van der Waals surface area contributed by atoms with Crippen LogP contribution in [0.15, 0.2) is 66.9 Å². The summed E-state index contributed by atoms with van der Waals surface area (Å²) in [5.74, 6) is 1.46. The Morgan fingerprint density at radius 3 is 2.32 bits per heavy atom. The number of halogens is 1. The highest BCUT2D eigenvalue weighted by Gasteiger charge is 2.28. The van der Waals surface area contributed by atoms with Crippen molar-refractivity contribution >= 4 is 0 Å². The van der Waals surface area contributed by atoms with Gasteiger partial charge in [-0.05, 0) is 12.0 Å². The first-order valence-electron chi connectivity index (χ1n) is 7.63. The van der Waals surface area contributed by atoms with Gasteiger partial charge in [0, 0.05) is 5.56 Å². The molecule has 1 aromatic heterocycles. The molecule has 0 saturated heterocycles. The van der Waals surface area contributed by atoms with E-state index in [-0.39, 0.29) is 12.4 Å². The summed E-state index contributed by atoms with van der Waals surface area (Å²) in [7, 11) is 0. The molecular weight excluding hydrogens is 292 g/mol. The van der Waals surface area contributed by atoms with Crippen LogP contribution >= 0.6 is 0 Å². The van der Waals surface area contributed by atoms with Crippen molar-refractivity contribution in [3.05, 3.63) is 78.2 Å². The van der Waals surface area contributed by atoms with E-state index in [1.807, 2.05) is 0 Å². The van der Waals surface area contributed by atoms with Crippen LogP contribution in [-0.4, -0.2) is 4.57 Å². The summed E-state index contributed by atoms with van der Waals surface area (Å²) < 4.78 is 4.91. The zero-order valence-electron chi connectivity index (χ0n) is 12.5. The maximum atomic E-state index is 2.48. The van der Waals surface area contributed by atoms with Crippen LogP contribution in [0, 0.1) is 0 Å². The van der Waals surface area contributed by atoms with E-state index in [0.717, 1.165) is 13.1 Å². The van der Waals surface area contributed by atoms with Gasteiger partial charge in [-0.2, -0.15) is 0 Å². The molecule has 2 nitrogen and oxygen atoms in total. The van der Waals surface area contributed by atoms with Crippen molar-refractivity contribution in [2.45, 2.75) is 25.9 Å². The Hall–Kier alpha value is -2.06. The zero-order valence-corrected chi connectivity index (χ0v) is 13.2. The summed E-state index contributed by atoms with van der Waals surface area (Å²) in [6, 6.07) is 21.4. The van der Waals surface area contributed by atoms with Gasteiger partial charge in [0.1, 0.15) is 12.7 Å². The Labute approximate surface area is 137 Å². The smallest absolute Gasteiger partial charge is 0.257 e. The predicted octanol–water partition coefficient (Wildman–Crippen LogP) is 0.441. The Balaban J connectivity index is 0.00000144. The van der Waals surface area contributed by atoms with Crippen molar-refractivity contribution in [3.63, 3.8) is 0 Å². The summed E-state index contributed by atoms with van der Waals surface area (Å²) in [6.07, 6.45) is 4.75. The maximum Gasteiger partial charge on any atom is 0.257 e. The van der Waals surface area contributed by atoms with Gasteiger partial charge in [-0.25, -0.2) is 9.13 Å². The molecule has 2 aromatic carbocycles. The minimum atomic E-state index is 0. The van der Waals surface area contributed by atoms with E-state index in [1.165, 1.54) is 35.5 Å². The van der Waals surface area contributed by atoms with Gasteiger partial charge in [0.05, 0.1) is 13.0 Å². The summed E-state index contributed by atoms with van der Waals surface area (Å²) in [6.45, 7) is 2.10. The second kappa shape index (κ2) is 6.37. The lowest BCUT2D eigenvalue weighted by atomic mass is 10.1. The third-order valence-electron chi connectivity index (χ3n) is 4.26. The molecule has 0 unspecified atom stereocenters. The molecule has 0 spiro atoms. The molecule has 0 bridgehead atoms. The van der Waals surface area contributed by atoms with E-state index in [1.54, 1.807) is 0 Å². The van der Waals surface area contributed by atoms with Crippen molar-refractivity contribution < 1.29 is 17.0 Å². The fourth-order valence-electron chi connectivity index (χ4n) is 3.27. The van der Waals surface area contributed by atoms with Gasteiger partial charge in [0.25, 0.3) is 5.82 Å². The van der Waals surface area contributed by atoms with Gasteiger partial charge in [0.15, 0.2) is 5.69 Å². The highest BCUT2D eigenvalue weighted by atomic mass is 35.5. The van der Waals surface area contributed by atoms with Crippen molar-refractivity contribution in [2.24, 2.45) is 0 Å². The third-order valence-corrected chi connectivity index (χ3v) is 4.26. The van der Waals surface area contributed by atoms with E-state index in [2.05, 4.69) is 76.0 Å². The van der Waals surface area contributed by atoms with E-state index < -0.39 is 0 Å². The quantitative estimate of drug-likeness (QED) is 0.621. The van der Waals surface area contributed by atoms with Gasteiger partial charge in [-0.15, -0.1) is 0 Å². The molecule has 0 saturated carbocycles. The normalized spacial score (nSPS) is 12.7. The van der Waals surface area contributed by atoms with Crippen LogP contribution < -0.4 is 17.0 Å². The van der Waals surface area contributed by atoms with Crippen LogP contribution in [0.4, 0.5) is 0 Å². The monoisotopic (exact) mass is 310 g/mol. The number of imidazole rings is 1. The standard InChI is InChI=1S/C19H19N2.ClH/c1-3-8-16(9-4-1)14-20-15-18(17-10-5-2-6-11-17)21-13-7-12-19(20)21;/h1-6,8-11,15H,7,12-14H2;1H/q+1;/p-1. The first-order valence-corrected chi connectivity index (χ1v) is 7.63. The maximum absolute atomic E-state index is 2.48. The molecule has 1 aliphatic rings. The van der Waals surface area contributed by atoms with Crippen LogP contribution in [0.25, 0.3) is 11.3 Å². The molecule has 0 fully saturated rings. The summed E-state index contributed by atoms with van der Waals surface area (Å²) >= 11 is 0. The number of nitrogens with zero attached hydrogens (tertiary/aromatic N) is 2. The lowest BCUT2D eigenvalue weighted by Gasteiger charge is -1.99. The van der Waals surface area contributed by atoms with E-state index in [9.17, 15) is 0 Å². The van der Waals surface area contributed by atoms with E-state index in [4.69, 9.17) is 0 Å². The predicted molar refractivity (Wildman–Crippen MR) is 83.9 cm³/mol. The van der Waals surface area contributed by atoms with Gasteiger partial charge < -0.3 is 12.4 Å². The van der Waals surface area contributed by atoms with Crippen molar-refractivity contribution in [2.75, 3.05) is 0 Å². The van der Waals surface area contributed by atoms with Crippen LogP contribution in [0.2, 0.25) is 0 Å². The average Bonchev–Trinajstić information content (AvgIpc) is 3.13. The lowest BCUT2D eigenvalue weighted by molar-refractivity contribution is -0.694. The van der Waals surface area contributed by atoms with Crippen LogP contribution in [-0.2, 0) is 19.5 Å². The first-order chi connectivity index (χ1) is 10.4. The van der Waals surface area contributed by atoms with Crippen molar-refractivity contribution in [1.82, 2.24) is 4.57 Å². The number of fused-ring (bicyclic) bond motifs is 1. The molecule has 0 N–H and O–H groups in total. The fraction of sp³-hybridized carbons (Fsp3) is 0.211. The Bertz CT molecular complexity index is 748. The second-order valence-corrected chi connectivity index (χ2v) is 5.67. The molecule has 0 aliphatic carbocycles. The van der Waals surface area contributed by atoms with Crippen molar-refractivity contribution in [1.29, 1.82) is 0 Å². The van der Waals surface area contributed by atoms with Crippen LogP contribution in [0.5, 0.6) is 0 Å². The number of benzene rings is 2. The molecule has 4 rings (SSSR count). The molecule has 0 radical (unpaired) electrons. The average molecular weight is 311 g/mol. The molecule has 112 valence electrons. The Morgan fingerprint density at radius 1 is 0.909 bits per heavy atom. The highest BCUT2D eigenvalue weighted by molar-refractivity contribution is 5.58. The number of hydrogen-bond donors (Lipinski definition) is 0. The first kappa shape index (κ1) is 14.9. The fourth-order valence-corrected chi connectivity index (χ4v) is 3.27. The van der Waals surface area contributed by atoms with Gasteiger partial charge in [-0.3, -0.25) is 0 Å². The summed E-state index contributed by atoms with van der Waals surface area (Å²) in [5, 5.41) is 0. The van der Waals surface area contributed by atoms with Gasteiger partial charge in [-0.1, -0.05) is 60.7 Å². The topological polar surface area (TPSA) is 8.81 Å². The highest BCUT2D eigenvalue weighted by Crippen LogP contribution is 2.24. The van der Waals surface area contributed by atoms with Crippen LogP contribution in [0.1, 0.15) is 17.8 Å². The van der Waals surface area contributed by atoms with Crippen molar-refractivity contribution in [3.8, 4) is 11.3 Å². The Kier molecular flexibility index (Phi) is 4.30. The van der Waals surface area contributed by atoms with Crippen LogP contribution in [0.3, 0.4) is 0 Å². The summed E-state index contributed by atoms with van der Waals surface area (Å²) in [4.78, 5) is 0. The molecule has 0 atom stereocenters. The lowest BCUT2D eigenvalue weighted by Crippen LogP contribution is -3.00. The van der Waals surface area contributed by atoms with E-state index >= 15 is 0 Å². The Morgan fingerprint density at radius 2 is 1.59 bits per heavy atom. The number of aromatic nitrogens is 2. The molecule has 1 aliphatic heterocycles. The third kappa shape index (κ3) is 2.67. The largest absolute Gasteiger partial charge is 1.00 e. The molecule has 0 amide bonds. The van der Waals surface area contributed by atoms with E-state index in [0.29, 0.717) is 0 Å². The number of rotatable bonds is 3. The molecule has 2 heterocycles. The van der Waals surface area contributed by atoms with Gasteiger partial charge in [0.2, 0.25) is 0 Å². The minimum absolute atomic E-state index is 0. The zero-order chi connectivity index (χ0) is 14.1. The summed E-state index contributed by atoms with van der Waals surface area (Å²) in [5.41, 5.74) is 4.02. The second-order valence-electron chi connectivity index (χ2n) is 5.67. The number of hydrogen-bond acceptors (Lipinski definition) is 0. The molecular formula is C19H19ClN2.